The van der Waals surface area contributed by atoms with Gasteiger partial charge in [-0.2, -0.15) is 0 Å². The summed E-state index contributed by atoms with van der Waals surface area (Å²) in [5, 5.41) is 0. The van der Waals surface area contributed by atoms with Gasteiger partial charge in [-0.25, -0.2) is 4.39 Å². The lowest BCUT2D eigenvalue weighted by molar-refractivity contribution is -0.127. The smallest absolute Gasteiger partial charge is 0.138 e. The summed E-state index contributed by atoms with van der Waals surface area (Å²) >= 11 is 0. The summed E-state index contributed by atoms with van der Waals surface area (Å²) < 4.78 is 13.0. The van der Waals surface area contributed by atoms with Crippen molar-refractivity contribution in [3.8, 4) is 0 Å². The zero-order valence-corrected chi connectivity index (χ0v) is 13.3. The van der Waals surface area contributed by atoms with Gasteiger partial charge in [0.25, 0.3) is 0 Å². The molecule has 1 unspecified atom stereocenters. The summed E-state index contributed by atoms with van der Waals surface area (Å²) in [6.07, 6.45) is 7.46. The number of unbranched alkanes of at least 4 members (excludes halogenated alkanes) is 1. The highest BCUT2D eigenvalue weighted by atomic mass is 19.1. The quantitative estimate of drug-likeness (QED) is 0.676. The topological polar surface area (TPSA) is 17.1 Å². The number of hydrogen-bond donors (Lipinski definition) is 0. The summed E-state index contributed by atoms with van der Waals surface area (Å²) in [6.45, 7) is 4.26. The van der Waals surface area contributed by atoms with Crippen molar-refractivity contribution in [2.75, 3.05) is 0 Å². The lowest BCUT2D eigenvalue weighted by Crippen LogP contribution is -2.26. The van der Waals surface area contributed by atoms with Gasteiger partial charge in [-0.3, -0.25) is 4.79 Å². The summed E-state index contributed by atoms with van der Waals surface area (Å²) in [7, 11) is 0. The molecular formula is C19H27FO. The Morgan fingerprint density at radius 1 is 1.19 bits per heavy atom. The average Bonchev–Trinajstić information content (AvgIpc) is 2.53. The van der Waals surface area contributed by atoms with Gasteiger partial charge >= 0.3 is 0 Å². The molecule has 21 heavy (non-hydrogen) atoms. The third kappa shape index (κ3) is 4.39. The molecule has 0 spiro atoms. The Kier molecular flexibility index (Phi) is 5.96. The van der Waals surface area contributed by atoms with Crippen LogP contribution in [0.5, 0.6) is 0 Å². The molecule has 0 heterocycles. The Morgan fingerprint density at radius 2 is 1.81 bits per heavy atom. The molecule has 1 aliphatic carbocycles. The molecule has 0 amide bonds. The van der Waals surface area contributed by atoms with E-state index in [1.807, 2.05) is 12.1 Å². The standard InChI is InChI=1S/C19H27FO/c1-3-4-5-14(2)19(21)17-8-6-15(7-9-17)16-10-12-18(20)13-11-16/h10-15,17H,3-9H2,1-2H3/t14?,15-,17-. The highest BCUT2D eigenvalue weighted by Gasteiger charge is 2.29. The molecule has 1 aromatic carbocycles. The summed E-state index contributed by atoms with van der Waals surface area (Å²) in [6, 6.07) is 6.87. The van der Waals surface area contributed by atoms with Crippen LogP contribution in [-0.2, 0) is 4.79 Å². The van der Waals surface area contributed by atoms with Crippen molar-refractivity contribution in [2.24, 2.45) is 11.8 Å². The van der Waals surface area contributed by atoms with E-state index in [9.17, 15) is 9.18 Å². The van der Waals surface area contributed by atoms with E-state index in [0.717, 1.165) is 44.9 Å². The van der Waals surface area contributed by atoms with Gasteiger partial charge in [-0.05, 0) is 55.7 Å². The molecule has 1 atom stereocenters. The Bertz CT molecular complexity index is 443. The molecule has 2 rings (SSSR count). The zero-order chi connectivity index (χ0) is 15.2. The number of hydrogen-bond acceptors (Lipinski definition) is 1. The molecule has 1 saturated carbocycles. The lowest BCUT2D eigenvalue weighted by Gasteiger charge is -2.29. The molecule has 0 aromatic heterocycles. The zero-order valence-electron chi connectivity index (χ0n) is 13.3. The van der Waals surface area contributed by atoms with E-state index >= 15 is 0 Å². The minimum Gasteiger partial charge on any atom is -0.299 e. The van der Waals surface area contributed by atoms with Crippen molar-refractivity contribution in [2.45, 2.75) is 64.7 Å². The predicted octanol–water partition coefficient (Wildman–Crippen LogP) is 5.49. The van der Waals surface area contributed by atoms with Crippen molar-refractivity contribution in [1.82, 2.24) is 0 Å². The Labute approximate surface area is 127 Å². The van der Waals surface area contributed by atoms with Crippen LogP contribution in [0, 0.1) is 17.7 Å². The van der Waals surface area contributed by atoms with Crippen LogP contribution >= 0.6 is 0 Å². The number of Topliss-reactive ketones (excluding diaryl/α,β-unsaturated/α-hetero) is 1. The van der Waals surface area contributed by atoms with Gasteiger partial charge in [0.05, 0.1) is 0 Å². The predicted molar refractivity (Wildman–Crippen MR) is 84.8 cm³/mol. The van der Waals surface area contributed by atoms with Crippen LogP contribution in [0.15, 0.2) is 24.3 Å². The first-order chi connectivity index (χ1) is 10.1. The first-order valence-corrected chi connectivity index (χ1v) is 8.41. The van der Waals surface area contributed by atoms with Crippen molar-refractivity contribution in [3.05, 3.63) is 35.6 Å². The molecule has 1 nitrogen and oxygen atoms in total. The molecule has 0 bridgehead atoms. The van der Waals surface area contributed by atoms with Gasteiger partial charge in [0.15, 0.2) is 0 Å². The largest absolute Gasteiger partial charge is 0.299 e. The first kappa shape index (κ1) is 16.2. The van der Waals surface area contributed by atoms with E-state index in [4.69, 9.17) is 0 Å². The summed E-state index contributed by atoms with van der Waals surface area (Å²) in [5.41, 5.74) is 1.22. The Hall–Kier alpha value is -1.18. The normalized spacial score (nSPS) is 23.8. The molecule has 1 aliphatic rings. The van der Waals surface area contributed by atoms with Crippen molar-refractivity contribution in [3.63, 3.8) is 0 Å². The third-order valence-corrected chi connectivity index (χ3v) is 4.95. The van der Waals surface area contributed by atoms with Crippen LogP contribution in [0.2, 0.25) is 0 Å². The third-order valence-electron chi connectivity index (χ3n) is 4.95. The lowest BCUT2D eigenvalue weighted by atomic mass is 9.75. The van der Waals surface area contributed by atoms with Crippen LogP contribution < -0.4 is 0 Å². The monoisotopic (exact) mass is 290 g/mol. The van der Waals surface area contributed by atoms with E-state index in [1.165, 1.54) is 5.56 Å². The van der Waals surface area contributed by atoms with Crippen molar-refractivity contribution < 1.29 is 9.18 Å². The molecule has 0 aliphatic heterocycles. The second kappa shape index (κ2) is 7.72. The van der Waals surface area contributed by atoms with E-state index in [-0.39, 0.29) is 17.7 Å². The van der Waals surface area contributed by atoms with Crippen molar-refractivity contribution in [1.29, 1.82) is 0 Å². The maximum Gasteiger partial charge on any atom is 0.138 e. The minimum atomic E-state index is -0.174. The average molecular weight is 290 g/mol. The van der Waals surface area contributed by atoms with Crippen LogP contribution in [0.3, 0.4) is 0 Å². The Morgan fingerprint density at radius 3 is 2.38 bits per heavy atom. The fourth-order valence-electron chi connectivity index (χ4n) is 3.50. The van der Waals surface area contributed by atoms with Gasteiger partial charge in [0.1, 0.15) is 11.6 Å². The molecule has 1 aromatic rings. The van der Waals surface area contributed by atoms with Gasteiger partial charge in [-0.1, -0.05) is 38.8 Å². The molecule has 0 saturated heterocycles. The maximum atomic E-state index is 13.0. The molecule has 2 heteroatoms. The van der Waals surface area contributed by atoms with Crippen LogP contribution in [0.25, 0.3) is 0 Å². The maximum absolute atomic E-state index is 13.0. The van der Waals surface area contributed by atoms with Gasteiger partial charge in [-0.15, -0.1) is 0 Å². The first-order valence-electron chi connectivity index (χ1n) is 8.41. The highest BCUT2D eigenvalue weighted by molar-refractivity contribution is 5.83. The molecule has 116 valence electrons. The number of benzene rings is 1. The van der Waals surface area contributed by atoms with E-state index in [2.05, 4.69) is 13.8 Å². The second-order valence-corrected chi connectivity index (χ2v) is 6.55. The fourth-order valence-corrected chi connectivity index (χ4v) is 3.50. The Balaban J connectivity index is 1.85. The summed E-state index contributed by atoms with van der Waals surface area (Å²) in [5.74, 6) is 1.28. The number of carbonyl (C=O) groups excluding carboxylic acids is 1. The summed E-state index contributed by atoms with van der Waals surface area (Å²) in [4.78, 5) is 12.4. The highest BCUT2D eigenvalue weighted by Crippen LogP contribution is 2.37. The second-order valence-electron chi connectivity index (χ2n) is 6.55. The van der Waals surface area contributed by atoms with Crippen LogP contribution in [-0.4, -0.2) is 5.78 Å². The van der Waals surface area contributed by atoms with Crippen LogP contribution in [0.1, 0.15) is 70.3 Å². The van der Waals surface area contributed by atoms with Gasteiger partial charge in [0.2, 0.25) is 0 Å². The van der Waals surface area contributed by atoms with Crippen LogP contribution in [0.4, 0.5) is 4.39 Å². The van der Waals surface area contributed by atoms with E-state index < -0.39 is 0 Å². The molecule has 1 fully saturated rings. The van der Waals surface area contributed by atoms with Gasteiger partial charge in [0, 0.05) is 11.8 Å². The fraction of sp³-hybridized carbons (Fsp3) is 0.632. The van der Waals surface area contributed by atoms with E-state index in [0.29, 0.717) is 11.7 Å². The molecule has 0 radical (unpaired) electrons. The number of ketones is 1. The van der Waals surface area contributed by atoms with E-state index in [1.54, 1.807) is 12.1 Å². The number of halogens is 1. The molecule has 0 N–H and O–H groups in total. The minimum absolute atomic E-state index is 0.174. The molecular weight excluding hydrogens is 263 g/mol. The number of carbonyl (C=O) groups is 1. The number of rotatable bonds is 6. The SMILES string of the molecule is CCCCC(C)C(=O)[C@H]1CC[C@H](c2ccc(F)cc2)CC1. The van der Waals surface area contributed by atoms with Crippen molar-refractivity contribution >= 4 is 5.78 Å². The van der Waals surface area contributed by atoms with Gasteiger partial charge < -0.3 is 0 Å².